The van der Waals surface area contributed by atoms with Crippen LogP contribution in [0.4, 0.5) is 0 Å². The zero-order valence-corrected chi connectivity index (χ0v) is 13.2. The van der Waals surface area contributed by atoms with Crippen LogP contribution in [0.25, 0.3) is 6.08 Å². The van der Waals surface area contributed by atoms with Crippen LogP contribution in [0.15, 0.2) is 29.7 Å². The van der Waals surface area contributed by atoms with Crippen molar-refractivity contribution >= 4 is 24.8 Å². The van der Waals surface area contributed by atoms with Gasteiger partial charge in [-0.25, -0.2) is 0 Å². The molecule has 0 amide bonds. The van der Waals surface area contributed by atoms with Gasteiger partial charge in [-0.3, -0.25) is 0 Å². The van der Waals surface area contributed by atoms with E-state index in [0.29, 0.717) is 11.6 Å². The minimum Gasteiger partial charge on any atom is -0.400 e. The van der Waals surface area contributed by atoms with E-state index in [1.165, 1.54) is 0 Å². The molecular formula is C15H21BClNO2. The molecule has 0 aliphatic carbocycles. The first-order valence-corrected chi connectivity index (χ1v) is 7.15. The summed E-state index contributed by atoms with van der Waals surface area (Å²) in [6, 6.07) is 7.60. The van der Waals surface area contributed by atoms with E-state index in [1.807, 2.05) is 58.0 Å². The molecule has 2 rings (SSSR count). The monoisotopic (exact) mass is 293 g/mol. The second kappa shape index (κ2) is 5.53. The van der Waals surface area contributed by atoms with Crippen molar-refractivity contribution in [2.75, 3.05) is 6.54 Å². The van der Waals surface area contributed by atoms with Crippen molar-refractivity contribution in [2.24, 2.45) is 5.73 Å². The van der Waals surface area contributed by atoms with Gasteiger partial charge in [0.05, 0.1) is 11.2 Å². The van der Waals surface area contributed by atoms with Gasteiger partial charge in [-0.05, 0) is 50.9 Å². The fraction of sp³-hybridized carbons (Fsp3) is 0.467. The van der Waals surface area contributed by atoms with Crippen LogP contribution in [0.2, 0.25) is 5.02 Å². The number of hydrogen-bond acceptors (Lipinski definition) is 3. The summed E-state index contributed by atoms with van der Waals surface area (Å²) >= 11 is 5.89. The van der Waals surface area contributed by atoms with Gasteiger partial charge in [-0.2, -0.15) is 0 Å². The van der Waals surface area contributed by atoms with Crippen molar-refractivity contribution in [1.82, 2.24) is 0 Å². The van der Waals surface area contributed by atoms with Crippen molar-refractivity contribution in [3.63, 3.8) is 0 Å². The van der Waals surface area contributed by atoms with Gasteiger partial charge in [0.25, 0.3) is 0 Å². The lowest BCUT2D eigenvalue weighted by Gasteiger charge is -2.32. The molecule has 0 unspecified atom stereocenters. The SMILES string of the molecule is CC1(C)OB(C(=Cc2ccc(Cl)cc2)CN)OC1(C)C. The largest absolute Gasteiger partial charge is 0.491 e. The third kappa shape index (κ3) is 3.09. The third-order valence-corrected chi connectivity index (χ3v) is 4.27. The first-order valence-electron chi connectivity index (χ1n) is 6.77. The van der Waals surface area contributed by atoms with E-state index in [0.717, 1.165) is 11.0 Å². The minimum absolute atomic E-state index is 0.355. The Labute approximate surface area is 126 Å². The van der Waals surface area contributed by atoms with Crippen molar-refractivity contribution in [3.8, 4) is 0 Å². The van der Waals surface area contributed by atoms with Gasteiger partial charge in [-0.1, -0.05) is 29.8 Å². The maximum Gasteiger partial charge on any atom is 0.491 e. The Morgan fingerprint density at radius 2 is 1.65 bits per heavy atom. The Bertz CT molecular complexity index is 495. The van der Waals surface area contributed by atoms with Gasteiger partial charge in [-0.15, -0.1) is 0 Å². The van der Waals surface area contributed by atoms with Gasteiger partial charge in [0.2, 0.25) is 0 Å². The summed E-state index contributed by atoms with van der Waals surface area (Å²) in [5.74, 6) is 0. The van der Waals surface area contributed by atoms with E-state index >= 15 is 0 Å². The molecule has 2 N–H and O–H groups in total. The van der Waals surface area contributed by atoms with Crippen molar-refractivity contribution in [1.29, 1.82) is 0 Å². The first kappa shape index (κ1) is 15.6. The van der Waals surface area contributed by atoms with E-state index in [4.69, 9.17) is 26.6 Å². The average molecular weight is 294 g/mol. The molecule has 0 aromatic heterocycles. The summed E-state index contributed by atoms with van der Waals surface area (Å²) in [6.07, 6.45) is 2.00. The lowest BCUT2D eigenvalue weighted by Crippen LogP contribution is -2.41. The lowest BCUT2D eigenvalue weighted by molar-refractivity contribution is 0.00578. The van der Waals surface area contributed by atoms with Gasteiger partial charge < -0.3 is 15.0 Å². The van der Waals surface area contributed by atoms with Crippen LogP contribution in [-0.4, -0.2) is 24.9 Å². The Kier molecular flexibility index (Phi) is 4.31. The molecule has 1 heterocycles. The molecule has 1 aliphatic heterocycles. The normalized spacial score (nSPS) is 21.3. The number of rotatable bonds is 3. The maximum atomic E-state index is 6.02. The first-order chi connectivity index (χ1) is 9.25. The van der Waals surface area contributed by atoms with Crippen LogP contribution in [0.3, 0.4) is 0 Å². The highest BCUT2D eigenvalue weighted by atomic mass is 35.5. The minimum atomic E-state index is -0.402. The molecule has 1 aromatic rings. The molecule has 5 heteroatoms. The quantitative estimate of drug-likeness (QED) is 0.870. The van der Waals surface area contributed by atoms with Crippen molar-refractivity contribution in [2.45, 2.75) is 38.9 Å². The van der Waals surface area contributed by atoms with Crippen LogP contribution in [0.1, 0.15) is 33.3 Å². The van der Waals surface area contributed by atoms with Gasteiger partial charge in [0.15, 0.2) is 0 Å². The molecule has 0 atom stereocenters. The van der Waals surface area contributed by atoms with E-state index < -0.39 is 7.12 Å². The average Bonchev–Trinajstić information content (AvgIpc) is 2.57. The van der Waals surface area contributed by atoms with Crippen LogP contribution in [0, 0.1) is 0 Å². The summed E-state index contributed by atoms with van der Waals surface area (Å²) in [5.41, 5.74) is 7.10. The predicted molar refractivity (Wildman–Crippen MR) is 84.6 cm³/mol. The number of nitrogens with two attached hydrogens (primary N) is 1. The number of halogens is 1. The molecule has 0 radical (unpaired) electrons. The Morgan fingerprint density at radius 3 is 2.10 bits per heavy atom. The second-order valence-electron chi connectivity index (χ2n) is 6.06. The molecule has 108 valence electrons. The van der Waals surface area contributed by atoms with Crippen LogP contribution in [0.5, 0.6) is 0 Å². The summed E-state index contributed by atoms with van der Waals surface area (Å²) < 4.78 is 12.0. The van der Waals surface area contributed by atoms with Crippen LogP contribution in [-0.2, 0) is 9.31 Å². The maximum absolute atomic E-state index is 6.02. The molecule has 1 aromatic carbocycles. The Hall–Kier alpha value is -0.805. The summed E-state index contributed by atoms with van der Waals surface area (Å²) in [5, 5.41) is 0.715. The highest BCUT2D eigenvalue weighted by molar-refractivity contribution is 6.55. The smallest absolute Gasteiger partial charge is 0.400 e. The standard InChI is InChI=1S/C15H21BClNO2/c1-14(2)15(3,4)20-16(19-14)12(10-18)9-11-5-7-13(17)8-6-11/h5-9H,10,18H2,1-4H3. The van der Waals surface area contributed by atoms with Gasteiger partial charge >= 0.3 is 7.12 Å². The van der Waals surface area contributed by atoms with Crippen molar-refractivity contribution in [3.05, 3.63) is 40.3 Å². The molecule has 0 spiro atoms. The molecule has 1 aliphatic rings. The highest BCUT2D eigenvalue weighted by Gasteiger charge is 2.52. The molecule has 1 saturated heterocycles. The Morgan fingerprint density at radius 1 is 1.15 bits per heavy atom. The zero-order valence-electron chi connectivity index (χ0n) is 12.4. The molecule has 0 saturated carbocycles. The van der Waals surface area contributed by atoms with Crippen LogP contribution >= 0.6 is 11.6 Å². The third-order valence-electron chi connectivity index (χ3n) is 4.01. The van der Waals surface area contributed by atoms with E-state index in [-0.39, 0.29) is 11.2 Å². The lowest BCUT2D eigenvalue weighted by atomic mass is 9.77. The molecule has 20 heavy (non-hydrogen) atoms. The van der Waals surface area contributed by atoms with Gasteiger partial charge in [0.1, 0.15) is 0 Å². The fourth-order valence-corrected chi connectivity index (χ4v) is 2.12. The summed E-state index contributed by atoms with van der Waals surface area (Å²) in [4.78, 5) is 0. The number of benzene rings is 1. The van der Waals surface area contributed by atoms with Crippen molar-refractivity contribution < 1.29 is 9.31 Å². The van der Waals surface area contributed by atoms with E-state index in [1.54, 1.807) is 0 Å². The van der Waals surface area contributed by atoms with Crippen LogP contribution < -0.4 is 5.73 Å². The molecule has 3 nitrogen and oxygen atoms in total. The molecule has 1 fully saturated rings. The summed E-state index contributed by atoms with van der Waals surface area (Å²) in [7, 11) is -0.402. The summed E-state index contributed by atoms with van der Waals surface area (Å²) in [6.45, 7) is 8.51. The number of hydrogen-bond donors (Lipinski definition) is 1. The second-order valence-corrected chi connectivity index (χ2v) is 6.50. The van der Waals surface area contributed by atoms with Gasteiger partial charge in [0, 0.05) is 11.6 Å². The molecular weight excluding hydrogens is 272 g/mol. The van der Waals surface area contributed by atoms with E-state index in [2.05, 4.69) is 0 Å². The van der Waals surface area contributed by atoms with E-state index in [9.17, 15) is 0 Å². The zero-order chi connectivity index (χ0) is 15.0. The molecule has 0 bridgehead atoms. The fourth-order valence-electron chi connectivity index (χ4n) is 1.99. The topological polar surface area (TPSA) is 44.5 Å². The Balaban J connectivity index is 2.24. The predicted octanol–water partition coefficient (Wildman–Crippen LogP) is 3.31. The highest BCUT2D eigenvalue weighted by Crippen LogP contribution is 2.38.